The topological polar surface area (TPSA) is 42.1 Å². The number of nitrogens with one attached hydrogen (secondary N) is 1. The van der Waals surface area contributed by atoms with Crippen LogP contribution in [0.2, 0.25) is 0 Å². The van der Waals surface area contributed by atoms with E-state index < -0.39 is 12.1 Å². The number of carbonyl (C=O) groups is 1. The number of halogens is 3. The highest BCUT2D eigenvalue weighted by molar-refractivity contribution is 5.96. The lowest BCUT2D eigenvalue weighted by Crippen LogP contribution is -2.27. The monoisotopic (exact) mass is 279 g/mol. The van der Waals surface area contributed by atoms with Gasteiger partial charge in [-0.25, -0.2) is 4.79 Å². The predicted molar refractivity (Wildman–Crippen MR) is 66.6 cm³/mol. The van der Waals surface area contributed by atoms with Gasteiger partial charge in [0, 0.05) is 17.1 Å². The Labute approximate surface area is 111 Å². The Morgan fingerprint density at radius 1 is 1.15 bits per heavy atom. The van der Waals surface area contributed by atoms with Crippen molar-refractivity contribution in [3.05, 3.63) is 42.6 Å². The maximum atomic E-state index is 12.2. The van der Waals surface area contributed by atoms with E-state index in [9.17, 15) is 18.0 Å². The molecule has 0 saturated carbocycles. The Hall–Kier alpha value is -2.50. The molecule has 1 N–H and O–H groups in total. The van der Waals surface area contributed by atoms with E-state index in [1.807, 2.05) is 18.2 Å². The van der Waals surface area contributed by atoms with Crippen molar-refractivity contribution >= 4 is 16.9 Å². The first kappa shape index (κ1) is 12.5. The van der Waals surface area contributed by atoms with E-state index in [2.05, 4.69) is 9.72 Å². The van der Waals surface area contributed by atoms with E-state index in [-0.39, 0.29) is 5.75 Å². The molecule has 3 nitrogen and oxygen atoms in total. The van der Waals surface area contributed by atoms with E-state index in [4.69, 9.17) is 0 Å². The van der Waals surface area contributed by atoms with Crippen molar-refractivity contribution in [3.63, 3.8) is 0 Å². The summed E-state index contributed by atoms with van der Waals surface area (Å²) in [6, 6.07) is 9.86. The van der Waals surface area contributed by atoms with Crippen molar-refractivity contribution in [1.29, 1.82) is 0 Å². The van der Waals surface area contributed by atoms with Crippen molar-refractivity contribution < 1.29 is 22.7 Å². The largest absolute Gasteiger partial charge is 0.491 e. The summed E-state index contributed by atoms with van der Waals surface area (Å²) in [6.45, 7) is 0. The minimum Gasteiger partial charge on any atom is -0.420 e. The normalized spacial score (nSPS) is 11.9. The molecule has 0 bridgehead atoms. The summed E-state index contributed by atoms with van der Waals surface area (Å²) in [5.74, 6) is -2.36. The molecule has 0 saturated heterocycles. The fourth-order valence-corrected chi connectivity index (χ4v) is 2.06. The lowest BCUT2D eigenvalue weighted by atomic mass is 10.1. The average Bonchev–Trinajstić information content (AvgIpc) is 2.86. The summed E-state index contributed by atoms with van der Waals surface area (Å²) in [7, 11) is 0. The zero-order valence-electron chi connectivity index (χ0n) is 9.99. The minimum atomic E-state index is -5.01. The molecule has 1 aromatic rings. The van der Waals surface area contributed by atoms with Gasteiger partial charge in [-0.2, -0.15) is 13.2 Å². The van der Waals surface area contributed by atoms with Gasteiger partial charge in [0.15, 0.2) is 0 Å². The van der Waals surface area contributed by atoms with Gasteiger partial charge in [0.25, 0.3) is 0 Å². The standard InChI is InChI=1S/C14H8F3NO2/c15-14(16,17)13(19)20-9-4-5-12-11(6-9)10-3-1-2-8(10)7-18-12/h1-7,18H. The van der Waals surface area contributed by atoms with Crippen LogP contribution in [0.5, 0.6) is 5.75 Å². The summed E-state index contributed by atoms with van der Waals surface area (Å²) >= 11 is 0. The number of rotatable bonds is 1. The number of alkyl halides is 3. The quantitative estimate of drug-likeness (QED) is 0.544. The summed E-state index contributed by atoms with van der Waals surface area (Å²) in [4.78, 5) is 13.9. The number of fused-ring (bicyclic) bond motifs is 3. The molecule has 0 fully saturated rings. The van der Waals surface area contributed by atoms with Crippen LogP contribution in [0.15, 0.2) is 42.6 Å². The van der Waals surface area contributed by atoms with Crippen LogP contribution in [0.3, 0.4) is 0 Å². The van der Waals surface area contributed by atoms with Crippen molar-refractivity contribution in [2.24, 2.45) is 0 Å². The van der Waals surface area contributed by atoms with Crippen LogP contribution in [0.1, 0.15) is 0 Å². The molecule has 20 heavy (non-hydrogen) atoms. The second-order valence-corrected chi connectivity index (χ2v) is 4.28. The first-order valence-electron chi connectivity index (χ1n) is 5.74. The van der Waals surface area contributed by atoms with E-state index in [0.717, 1.165) is 16.6 Å². The molecule has 0 atom stereocenters. The number of aromatic amines is 1. The van der Waals surface area contributed by atoms with Crippen LogP contribution in [0, 0.1) is 0 Å². The third-order valence-electron chi connectivity index (χ3n) is 2.96. The van der Waals surface area contributed by atoms with Crippen molar-refractivity contribution in [2.45, 2.75) is 6.18 Å². The maximum absolute atomic E-state index is 12.2. The summed E-state index contributed by atoms with van der Waals surface area (Å²) in [5, 5.41) is 0.694. The number of aromatic nitrogens is 1. The second-order valence-electron chi connectivity index (χ2n) is 4.28. The van der Waals surface area contributed by atoms with Gasteiger partial charge in [-0.05, 0) is 29.3 Å². The minimum absolute atomic E-state index is 0.137. The number of H-pyrrole nitrogens is 1. The summed E-state index contributed by atoms with van der Waals surface area (Å²) in [5.41, 5.74) is 2.55. The van der Waals surface area contributed by atoms with Gasteiger partial charge < -0.3 is 9.72 Å². The first-order chi connectivity index (χ1) is 9.45. The van der Waals surface area contributed by atoms with E-state index in [1.54, 1.807) is 12.3 Å². The molecule has 0 unspecified atom stereocenters. The Bertz CT molecular complexity index is 761. The van der Waals surface area contributed by atoms with Gasteiger partial charge in [-0.3, -0.25) is 0 Å². The first-order valence-corrected chi connectivity index (χ1v) is 5.74. The van der Waals surface area contributed by atoms with Crippen LogP contribution >= 0.6 is 0 Å². The lowest BCUT2D eigenvalue weighted by Gasteiger charge is -2.10. The number of benzene rings is 1. The van der Waals surface area contributed by atoms with Crippen LogP contribution in [-0.4, -0.2) is 17.1 Å². The molecule has 0 aromatic heterocycles. The van der Waals surface area contributed by atoms with Crippen LogP contribution in [-0.2, 0) is 4.79 Å². The van der Waals surface area contributed by atoms with Crippen LogP contribution < -0.4 is 4.74 Å². The zero-order valence-corrected chi connectivity index (χ0v) is 9.99. The van der Waals surface area contributed by atoms with E-state index >= 15 is 0 Å². The molecule has 0 radical (unpaired) electrons. The van der Waals surface area contributed by atoms with Crippen LogP contribution in [0.4, 0.5) is 13.2 Å². The van der Waals surface area contributed by atoms with Gasteiger partial charge in [0.05, 0.1) is 0 Å². The van der Waals surface area contributed by atoms with Gasteiger partial charge in [-0.15, -0.1) is 0 Å². The molecule has 0 amide bonds. The number of esters is 1. The number of hydrogen-bond donors (Lipinski definition) is 1. The highest BCUT2D eigenvalue weighted by Gasteiger charge is 2.41. The predicted octanol–water partition coefficient (Wildman–Crippen LogP) is 3.74. The Kier molecular flexibility index (Phi) is 2.67. The highest BCUT2D eigenvalue weighted by atomic mass is 19.4. The molecular weight excluding hydrogens is 271 g/mol. The average molecular weight is 279 g/mol. The molecule has 0 spiro atoms. The van der Waals surface area contributed by atoms with Crippen molar-refractivity contribution in [2.75, 3.05) is 0 Å². The third kappa shape index (κ3) is 2.09. The number of ether oxygens (including phenoxy) is 1. The molecule has 1 aliphatic heterocycles. The molecule has 6 heteroatoms. The smallest absolute Gasteiger partial charge is 0.420 e. The third-order valence-corrected chi connectivity index (χ3v) is 2.96. The fourth-order valence-electron chi connectivity index (χ4n) is 2.06. The zero-order chi connectivity index (χ0) is 14.3. The molecule has 1 aromatic carbocycles. The molecule has 3 rings (SSSR count). The Balaban J connectivity index is 2.04. The van der Waals surface area contributed by atoms with E-state index in [0.29, 0.717) is 5.39 Å². The molecule has 1 aliphatic carbocycles. The SMILES string of the molecule is O=C(Oc1ccc2[nH]cc3cccc-3c2c1)C(F)(F)F. The van der Waals surface area contributed by atoms with E-state index in [1.165, 1.54) is 12.1 Å². The molecule has 1 heterocycles. The van der Waals surface area contributed by atoms with Gasteiger partial charge in [0.1, 0.15) is 5.75 Å². The maximum Gasteiger partial charge on any atom is 0.491 e. The fraction of sp³-hybridized carbons (Fsp3) is 0.0714. The number of hydrogen-bond acceptors (Lipinski definition) is 2. The molecule has 2 aliphatic rings. The van der Waals surface area contributed by atoms with Crippen molar-refractivity contribution in [3.8, 4) is 16.9 Å². The molecular formula is C14H8F3NO2. The van der Waals surface area contributed by atoms with Gasteiger partial charge in [-0.1, -0.05) is 18.2 Å². The van der Waals surface area contributed by atoms with Gasteiger partial charge in [0.2, 0.25) is 0 Å². The summed E-state index contributed by atoms with van der Waals surface area (Å²) < 4.78 is 40.8. The number of pyridine rings is 1. The van der Waals surface area contributed by atoms with Crippen LogP contribution in [0.25, 0.3) is 22.0 Å². The Morgan fingerprint density at radius 3 is 2.70 bits per heavy atom. The van der Waals surface area contributed by atoms with Crippen molar-refractivity contribution in [1.82, 2.24) is 4.98 Å². The Morgan fingerprint density at radius 2 is 1.95 bits per heavy atom. The highest BCUT2D eigenvalue weighted by Crippen LogP contribution is 2.32. The lowest BCUT2D eigenvalue weighted by molar-refractivity contribution is -0.189. The second kappa shape index (κ2) is 4.26. The molecule has 102 valence electrons. The number of carbonyl (C=O) groups excluding carboxylic acids is 1. The van der Waals surface area contributed by atoms with Gasteiger partial charge >= 0.3 is 12.1 Å². The summed E-state index contributed by atoms with van der Waals surface area (Å²) in [6.07, 6.45) is -3.20.